The molecular formula is C16H18N4OS. The molecule has 1 aliphatic rings. The normalized spacial score (nSPS) is 15.5. The van der Waals surface area contributed by atoms with Crippen molar-refractivity contribution in [1.29, 1.82) is 0 Å². The minimum Gasteiger partial charge on any atom is -0.337 e. The molecule has 0 spiro atoms. The lowest BCUT2D eigenvalue weighted by molar-refractivity contribution is -0.126. The number of amides is 1. The van der Waals surface area contributed by atoms with Gasteiger partial charge in [-0.1, -0.05) is 0 Å². The first-order chi connectivity index (χ1) is 10.7. The summed E-state index contributed by atoms with van der Waals surface area (Å²) in [6.45, 7) is 4.98. The molecule has 2 aromatic heterocycles. The zero-order valence-corrected chi connectivity index (χ0v) is 13.3. The number of aromatic nitrogens is 2. The lowest BCUT2D eigenvalue weighted by Crippen LogP contribution is -2.48. The van der Waals surface area contributed by atoms with Gasteiger partial charge in [0, 0.05) is 49.5 Å². The molecule has 6 heteroatoms. The predicted molar refractivity (Wildman–Crippen MR) is 88.9 cm³/mol. The van der Waals surface area contributed by atoms with E-state index in [1.165, 1.54) is 5.56 Å². The molecule has 0 unspecified atom stereocenters. The standard InChI is InChI=1S/C16H18N4OS/c1-13-5-12-22-14(13)3-4-15(21)19-8-10-20(11-9-19)16-17-6-2-7-18-16/h2-7,12H,8-11H2,1H3/b4-3+. The highest BCUT2D eigenvalue weighted by Gasteiger charge is 2.20. The number of rotatable bonds is 3. The number of hydrogen-bond acceptors (Lipinski definition) is 5. The van der Waals surface area contributed by atoms with Crippen LogP contribution in [0.5, 0.6) is 0 Å². The number of piperazine rings is 1. The molecular weight excluding hydrogens is 296 g/mol. The van der Waals surface area contributed by atoms with E-state index in [4.69, 9.17) is 0 Å². The molecule has 0 radical (unpaired) electrons. The number of hydrogen-bond donors (Lipinski definition) is 0. The Morgan fingerprint density at radius 1 is 1.23 bits per heavy atom. The summed E-state index contributed by atoms with van der Waals surface area (Å²) in [6.07, 6.45) is 7.07. The molecule has 0 atom stereocenters. The second-order valence-corrected chi connectivity index (χ2v) is 6.11. The molecule has 3 heterocycles. The third kappa shape index (κ3) is 3.33. The second-order valence-electron chi connectivity index (χ2n) is 5.16. The van der Waals surface area contributed by atoms with Crippen molar-refractivity contribution < 1.29 is 4.79 Å². The molecule has 1 saturated heterocycles. The fourth-order valence-electron chi connectivity index (χ4n) is 2.39. The highest BCUT2D eigenvalue weighted by molar-refractivity contribution is 7.11. The topological polar surface area (TPSA) is 49.3 Å². The molecule has 114 valence electrons. The minimum absolute atomic E-state index is 0.0708. The molecule has 3 rings (SSSR count). The van der Waals surface area contributed by atoms with E-state index >= 15 is 0 Å². The van der Waals surface area contributed by atoms with Gasteiger partial charge in [0.15, 0.2) is 0 Å². The number of nitrogens with zero attached hydrogens (tertiary/aromatic N) is 4. The summed E-state index contributed by atoms with van der Waals surface area (Å²) in [5.74, 6) is 0.806. The average Bonchev–Trinajstić information content (AvgIpc) is 2.99. The molecule has 0 bridgehead atoms. The van der Waals surface area contributed by atoms with Gasteiger partial charge in [0.1, 0.15) is 0 Å². The van der Waals surface area contributed by atoms with Crippen LogP contribution in [0.15, 0.2) is 36.0 Å². The summed E-state index contributed by atoms with van der Waals surface area (Å²) in [4.78, 5) is 25.9. The monoisotopic (exact) mass is 314 g/mol. The summed E-state index contributed by atoms with van der Waals surface area (Å²) in [7, 11) is 0. The molecule has 0 aromatic carbocycles. The molecule has 2 aromatic rings. The fraction of sp³-hybridized carbons (Fsp3) is 0.312. The number of aryl methyl sites for hydroxylation is 1. The van der Waals surface area contributed by atoms with Crippen LogP contribution in [0, 0.1) is 6.92 Å². The van der Waals surface area contributed by atoms with Crippen LogP contribution >= 0.6 is 11.3 Å². The second kappa shape index (κ2) is 6.70. The van der Waals surface area contributed by atoms with Crippen LogP contribution in [0.3, 0.4) is 0 Å². The molecule has 0 aliphatic carbocycles. The van der Waals surface area contributed by atoms with Gasteiger partial charge in [-0.05, 0) is 36.1 Å². The zero-order valence-electron chi connectivity index (χ0n) is 12.5. The maximum absolute atomic E-state index is 12.2. The first-order valence-corrected chi connectivity index (χ1v) is 8.15. The Morgan fingerprint density at radius 3 is 2.59 bits per heavy atom. The van der Waals surface area contributed by atoms with Gasteiger partial charge in [-0.25, -0.2) is 9.97 Å². The number of anilines is 1. The van der Waals surface area contributed by atoms with Gasteiger partial charge < -0.3 is 9.80 Å². The van der Waals surface area contributed by atoms with Crippen molar-refractivity contribution in [2.24, 2.45) is 0 Å². The number of thiophene rings is 1. The summed E-state index contributed by atoms with van der Waals surface area (Å²) in [5, 5.41) is 2.04. The van der Waals surface area contributed by atoms with Crippen LogP contribution in [-0.2, 0) is 4.79 Å². The van der Waals surface area contributed by atoms with Crippen LogP contribution < -0.4 is 4.90 Å². The Bertz CT molecular complexity index is 660. The SMILES string of the molecule is Cc1ccsc1/C=C/C(=O)N1CCN(c2ncccn2)CC1. The highest BCUT2D eigenvalue weighted by atomic mass is 32.1. The van der Waals surface area contributed by atoms with E-state index < -0.39 is 0 Å². The van der Waals surface area contributed by atoms with Crippen molar-refractivity contribution in [2.45, 2.75) is 6.92 Å². The largest absolute Gasteiger partial charge is 0.337 e. The van der Waals surface area contributed by atoms with Gasteiger partial charge in [0.25, 0.3) is 0 Å². The summed E-state index contributed by atoms with van der Waals surface area (Å²) < 4.78 is 0. The minimum atomic E-state index is 0.0708. The molecule has 0 N–H and O–H groups in total. The van der Waals surface area contributed by atoms with E-state index in [-0.39, 0.29) is 5.91 Å². The molecule has 5 nitrogen and oxygen atoms in total. The Morgan fingerprint density at radius 2 is 1.95 bits per heavy atom. The van der Waals surface area contributed by atoms with E-state index in [1.54, 1.807) is 35.9 Å². The predicted octanol–water partition coefficient (Wildman–Crippen LogP) is 2.21. The van der Waals surface area contributed by atoms with Crippen LogP contribution in [0.25, 0.3) is 6.08 Å². The Kier molecular flexibility index (Phi) is 4.48. The van der Waals surface area contributed by atoms with E-state index in [2.05, 4.69) is 27.9 Å². The third-order valence-electron chi connectivity index (χ3n) is 3.71. The Balaban J connectivity index is 1.56. The van der Waals surface area contributed by atoms with Gasteiger partial charge in [-0.3, -0.25) is 4.79 Å². The van der Waals surface area contributed by atoms with Gasteiger partial charge in [0.2, 0.25) is 11.9 Å². The van der Waals surface area contributed by atoms with Gasteiger partial charge in [-0.15, -0.1) is 11.3 Å². The first kappa shape index (κ1) is 14.7. The summed E-state index contributed by atoms with van der Waals surface area (Å²) >= 11 is 1.65. The quantitative estimate of drug-likeness (QED) is 0.815. The van der Waals surface area contributed by atoms with Gasteiger partial charge in [-0.2, -0.15) is 0 Å². The lowest BCUT2D eigenvalue weighted by Gasteiger charge is -2.34. The molecule has 22 heavy (non-hydrogen) atoms. The van der Waals surface area contributed by atoms with Gasteiger partial charge >= 0.3 is 0 Å². The lowest BCUT2D eigenvalue weighted by atomic mass is 10.2. The number of carbonyl (C=O) groups is 1. The zero-order chi connectivity index (χ0) is 15.4. The van der Waals surface area contributed by atoms with Gasteiger partial charge in [0.05, 0.1) is 0 Å². The highest BCUT2D eigenvalue weighted by Crippen LogP contribution is 2.17. The van der Waals surface area contributed by atoms with Crippen LogP contribution in [-0.4, -0.2) is 47.0 Å². The Labute approximate surface area is 133 Å². The van der Waals surface area contributed by atoms with Crippen molar-refractivity contribution in [3.05, 3.63) is 46.4 Å². The maximum atomic E-state index is 12.2. The maximum Gasteiger partial charge on any atom is 0.246 e. The molecule has 1 amide bonds. The van der Waals surface area contributed by atoms with Crippen molar-refractivity contribution in [3.63, 3.8) is 0 Å². The average molecular weight is 314 g/mol. The van der Waals surface area contributed by atoms with E-state index in [0.717, 1.165) is 23.9 Å². The Hall–Kier alpha value is -2.21. The van der Waals surface area contributed by atoms with Crippen LogP contribution in [0.1, 0.15) is 10.4 Å². The number of carbonyl (C=O) groups excluding carboxylic acids is 1. The van der Waals surface area contributed by atoms with Crippen molar-refractivity contribution >= 4 is 29.3 Å². The van der Waals surface area contributed by atoms with E-state index in [1.807, 2.05) is 16.4 Å². The molecule has 1 aliphatic heterocycles. The smallest absolute Gasteiger partial charge is 0.246 e. The van der Waals surface area contributed by atoms with Crippen molar-refractivity contribution in [3.8, 4) is 0 Å². The molecule has 1 fully saturated rings. The molecule has 0 saturated carbocycles. The fourth-order valence-corrected chi connectivity index (χ4v) is 3.21. The summed E-state index contributed by atoms with van der Waals surface area (Å²) in [6, 6.07) is 3.87. The van der Waals surface area contributed by atoms with E-state index in [9.17, 15) is 4.79 Å². The third-order valence-corrected chi connectivity index (χ3v) is 4.69. The van der Waals surface area contributed by atoms with E-state index in [0.29, 0.717) is 13.1 Å². The van der Waals surface area contributed by atoms with Crippen LogP contribution in [0.4, 0.5) is 5.95 Å². The van der Waals surface area contributed by atoms with Crippen molar-refractivity contribution in [2.75, 3.05) is 31.1 Å². The first-order valence-electron chi connectivity index (χ1n) is 7.27. The van der Waals surface area contributed by atoms with Crippen molar-refractivity contribution in [1.82, 2.24) is 14.9 Å². The van der Waals surface area contributed by atoms with Crippen LogP contribution in [0.2, 0.25) is 0 Å². The summed E-state index contributed by atoms with van der Waals surface area (Å²) in [5.41, 5.74) is 1.21.